The first-order valence-electron chi connectivity index (χ1n) is 9.32. The van der Waals surface area contributed by atoms with Gasteiger partial charge in [0.05, 0.1) is 18.1 Å². The van der Waals surface area contributed by atoms with Gasteiger partial charge >= 0.3 is 5.97 Å². The van der Waals surface area contributed by atoms with Gasteiger partial charge in [-0.05, 0) is 71.4 Å². The number of halogens is 1. The quantitative estimate of drug-likeness (QED) is 0.262. The highest BCUT2D eigenvalue weighted by Gasteiger charge is 2.17. The third-order valence-corrected chi connectivity index (χ3v) is 5.26. The largest absolute Gasteiger partial charge is 0.497 e. The van der Waals surface area contributed by atoms with Crippen LogP contribution >= 0.6 is 15.9 Å². The molecule has 7 heteroatoms. The lowest BCUT2D eigenvalue weighted by Crippen LogP contribution is -2.10. The van der Waals surface area contributed by atoms with Crippen molar-refractivity contribution in [2.24, 2.45) is 0 Å². The average Bonchev–Trinajstić information content (AvgIpc) is 2.77. The highest BCUT2D eigenvalue weighted by Crippen LogP contribution is 2.29. The minimum absolute atomic E-state index is 0.0932. The number of hydrogen-bond donors (Lipinski definition) is 0. The molecule has 0 aliphatic rings. The van der Waals surface area contributed by atoms with Crippen molar-refractivity contribution in [3.05, 3.63) is 92.7 Å². The lowest BCUT2D eigenvalue weighted by atomic mass is 10.2. The zero-order valence-corrected chi connectivity index (χ0v) is 18.3. The molecule has 156 valence electrons. The van der Waals surface area contributed by atoms with Gasteiger partial charge in [-0.15, -0.1) is 0 Å². The first-order chi connectivity index (χ1) is 15.0. The number of benzene rings is 3. The second-order valence-corrected chi connectivity index (χ2v) is 7.48. The van der Waals surface area contributed by atoms with Crippen LogP contribution in [0.4, 0.5) is 0 Å². The Morgan fingerprint density at radius 2 is 1.61 bits per heavy atom. The molecule has 0 bridgehead atoms. The summed E-state index contributed by atoms with van der Waals surface area (Å²) >= 11 is 3.33. The maximum Gasteiger partial charge on any atom is 0.344 e. The minimum atomic E-state index is -0.523. The van der Waals surface area contributed by atoms with E-state index in [2.05, 4.69) is 15.9 Å². The molecule has 0 amide bonds. The summed E-state index contributed by atoms with van der Waals surface area (Å²) in [4.78, 5) is 25.4. The number of esters is 1. The van der Waals surface area contributed by atoms with Crippen molar-refractivity contribution in [1.29, 1.82) is 0 Å². The number of carbonyl (C=O) groups excluding carboxylic acids is 1. The van der Waals surface area contributed by atoms with Crippen LogP contribution < -0.4 is 19.6 Å². The van der Waals surface area contributed by atoms with E-state index in [9.17, 15) is 9.59 Å². The molecule has 0 saturated carbocycles. The molecule has 0 aliphatic carbocycles. The van der Waals surface area contributed by atoms with E-state index in [-0.39, 0.29) is 16.9 Å². The molecule has 3 aromatic carbocycles. The molecule has 0 radical (unpaired) electrons. The predicted octanol–water partition coefficient (Wildman–Crippen LogP) is 5.88. The van der Waals surface area contributed by atoms with Crippen LogP contribution in [0.2, 0.25) is 0 Å². The number of hydrogen-bond acceptors (Lipinski definition) is 6. The number of rotatable bonds is 5. The van der Waals surface area contributed by atoms with Crippen LogP contribution in [0.1, 0.15) is 16.1 Å². The summed E-state index contributed by atoms with van der Waals surface area (Å²) in [5, 5.41) is 0.315. The van der Waals surface area contributed by atoms with E-state index >= 15 is 0 Å². The van der Waals surface area contributed by atoms with Crippen LogP contribution in [-0.4, -0.2) is 13.1 Å². The summed E-state index contributed by atoms with van der Waals surface area (Å²) in [7, 11) is 1.57. The van der Waals surface area contributed by atoms with E-state index in [4.69, 9.17) is 18.6 Å². The third-order valence-electron chi connectivity index (χ3n) is 4.57. The van der Waals surface area contributed by atoms with E-state index in [0.717, 1.165) is 0 Å². The fourth-order valence-corrected chi connectivity index (χ4v) is 3.45. The molecule has 0 aliphatic heterocycles. The molecule has 1 heterocycles. The Morgan fingerprint density at radius 3 is 2.32 bits per heavy atom. The number of carbonyl (C=O) groups is 1. The average molecular weight is 481 g/mol. The first kappa shape index (κ1) is 20.7. The molecule has 4 rings (SSSR count). The number of fused-ring (bicyclic) bond motifs is 1. The summed E-state index contributed by atoms with van der Waals surface area (Å²) in [5.74, 6) is 1.30. The van der Waals surface area contributed by atoms with Crippen LogP contribution in [0.15, 0.2) is 80.4 Å². The fraction of sp³-hybridized carbons (Fsp3) is 0.0833. The Balaban J connectivity index is 1.63. The Labute approximate surface area is 186 Å². The summed E-state index contributed by atoms with van der Waals surface area (Å²) in [6.45, 7) is 1.64. The molecule has 0 spiro atoms. The van der Waals surface area contributed by atoms with Crippen LogP contribution in [0.25, 0.3) is 11.0 Å². The highest BCUT2D eigenvalue weighted by molar-refractivity contribution is 9.10. The summed E-state index contributed by atoms with van der Waals surface area (Å²) in [5.41, 5.74) is 0.365. The van der Waals surface area contributed by atoms with Gasteiger partial charge in [-0.25, -0.2) is 4.79 Å². The molecule has 31 heavy (non-hydrogen) atoms. The molecule has 0 fully saturated rings. The van der Waals surface area contributed by atoms with Crippen molar-refractivity contribution in [2.45, 2.75) is 6.92 Å². The van der Waals surface area contributed by atoms with Crippen LogP contribution in [0.5, 0.6) is 23.0 Å². The van der Waals surface area contributed by atoms with Gasteiger partial charge in [-0.2, -0.15) is 0 Å². The summed E-state index contributed by atoms with van der Waals surface area (Å²) in [6, 6.07) is 18.4. The molecule has 1 aromatic heterocycles. The van der Waals surface area contributed by atoms with Gasteiger partial charge in [0.15, 0.2) is 0 Å². The molecule has 0 atom stereocenters. The van der Waals surface area contributed by atoms with Crippen molar-refractivity contribution in [3.63, 3.8) is 0 Å². The van der Waals surface area contributed by atoms with Gasteiger partial charge < -0.3 is 18.6 Å². The molecule has 6 nitrogen and oxygen atoms in total. The second-order valence-electron chi connectivity index (χ2n) is 6.62. The highest BCUT2D eigenvalue weighted by atomic mass is 79.9. The standard InChI is InChI=1S/C24H17BrO6/c1-14-23(30-16-9-7-15(28-2)8-10-16)22(26)19-12-11-17(13-21(19)29-14)31-24(27)18-5-3-4-6-20(18)25/h3-13H,1-2H3. The summed E-state index contributed by atoms with van der Waals surface area (Å²) < 4.78 is 22.7. The molecule has 0 saturated heterocycles. The van der Waals surface area contributed by atoms with Crippen molar-refractivity contribution in [1.82, 2.24) is 0 Å². The second kappa shape index (κ2) is 8.65. The third kappa shape index (κ3) is 4.32. The Bertz CT molecular complexity index is 1320. The van der Waals surface area contributed by atoms with Crippen molar-refractivity contribution in [2.75, 3.05) is 7.11 Å². The molecular weight excluding hydrogens is 464 g/mol. The topological polar surface area (TPSA) is 75.0 Å². The van der Waals surface area contributed by atoms with E-state index in [1.54, 1.807) is 74.7 Å². The van der Waals surface area contributed by atoms with Crippen LogP contribution in [0, 0.1) is 6.92 Å². The van der Waals surface area contributed by atoms with Gasteiger partial charge in [0.1, 0.15) is 28.6 Å². The van der Waals surface area contributed by atoms with Gasteiger partial charge in [0, 0.05) is 10.5 Å². The SMILES string of the molecule is COc1ccc(Oc2c(C)oc3cc(OC(=O)c4ccccc4Br)ccc3c2=O)cc1. The number of aryl methyl sites for hydroxylation is 1. The van der Waals surface area contributed by atoms with Crippen molar-refractivity contribution < 1.29 is 23.4 Å². The maximum atomic E-state index is 13.0. The zero-order chi connectivity index (χ0) is 22.0. The van der Waals surface area contributed by atoms with E-state index in [1.807, 2.05) is 0 Å². The van der Waals surface area contributed by atoms with Crippen molar-refractivity contribution >= 4 is 32.9 Å². The zero-order valence-electron chi connectivity index (χ0n) is 16.7. The molecular formula is C24H17BrO6. The van der Waals surface area contributed by atoms with E-state index in [0.29, 0.717) is 38.3 Å². The fourth-order valence-electron chi connectivity index (χ4n) is 3.00. The van der Waals surface area contributed by atoms with Gasteiger partial charge in [-0.1, -0.05) is 12.1 Å². The number of ether oxygens (including phenoxy) is 3. The van der Waals surface area contributed by atoms with Gasteiger partial charge in [0.2, 0.25) is 11.2 Å². The maximum absolute atomic E-state index is 13.0. The minimum Gasteiger partial charge on any atom is -0.497 e. The van der Waals surface area contributed by atoms with Crippen LogP contribution in [0.3, 0.4) is 0 Å². The Kier molecular flexibility index (Phi) is 5.77. The lowest BCUT2D eigenvalue weighted by molar-refractivity contribution is 0.0734. The Hall–Kier alpha value is -3.58. The van der Waals surface area contributed by atoms with Gasteiger partial charge in [-0.3, -0.25) is 4.79 Å². The van der Waals surface area contributed by atoms with Crippen LogP contribution in [-0.2, 0) is 0 Å². The van der Waals surface area contributed by atoms with E-state index < -0.39 is 5.97 Å². The molecule has 4 aromatic rings. The van der Waals surface area contributed by atoms with Gasteiger partial charge in [0.25, 0.3) is 0 Å². The normalized spacial score (nSPS) is 10.7. The molecule has 0 N–H and O–H groups in total. The Morgan fingerprint density at radius 1 is 0.935 bits per heavy atom. The lowest BCUT2D eigenvalue weighted by Gasteiger charge is -2.10. The predicted molar refractivity (Wildman–Crippen MR) is 119 cm³/mol. The van der Waals surface area contributed by atoms with Crippen molar-refractivity contribution in [3.8, 4) is 23.0 Å². The van der Waals surface area contributed by atoms with E-state index in [1.165, 1.54) is 6.07 Å². The number of methoxy groups -OCH3 is 1. The monoisotopic (exact) mass is 480 g/mol. The molecule has 0 unspecified atom stereocenters. The summed E-state index contributed by atoms with van der Waals surface area (Å²) in [6.07, 6.45) is 0. The first-order valence-corrected chi connectivity index (χ1v) is 10.1. The smallest absolute Gasteiger partial charge is 0.344 e.